The molecule has 5 rings (SSSR count). The second-order valence-electron chi connectivity index (χ2n) is 9.46. The van der Waals surface area contributed by atoms with Crippen molar-refractivity contribution in [3.63, 3.8) is 0 Å². The minimum Gasteiger partial charge on any atom is -1.00 e. The Morgan fingerprint density at radius 2 is 1.10 bits per heavy atom. The number of amides is 1. The fourth-order valence-electron chi connectivity index (χ4n) is 4.09. The van der Waals surface area contributed by atoms with E-state index in [1.165, 1.54) is 21.1 Å². The van der Waals surface area contributed by atoms with Crippen molar-refractivity contribution in [1.29, 1.82) is 0 Å². The molecule has 40 heavy (non-hydrogen) atoms. The maximum Gasteiger partial charge on any atom is 4.00 e. The summed E-state index contributed by atoms with van der Waals surface area (Å²) in [6, 6.07) is 41.7. The van der Waals surface area contributed by atoms with Crippen molar-refractivity contribution in [3.05, 3.63) is 144 Å². The van der Waals surface area contributed by atoms with Crippen molar-refractivity contribution >= 4 is 36.6 Å². The molecule has 2 radical (unpaired) electrons. The standard InChI is InChI=1S/C13H19NO.C12H10Si.C9H7.2ClH.Hf/c1-8(2)10-6-5-7-11(9(3)4)12(10)13(14)15;1-3-7-11(8-4-1)13-12-9-5-2-6-10-12;1-2-5-9-7-3-6-8(9)4-1;;;/h5-9H,1-4H3,(H2,14,15);1-10H;1-7H;2*1H;/q;;-1;;;+4/p-3. The Morgan fingerprint density at radius 1 is 0.650 bits per heavy atom. The number of fused-ring (bicyclic) bond motifs is 1. The third-order valence-corrected chi connectivity index (χ3v) is 7.23. The van der Waals surface area contributed by atoms with E-state index < -0.39 is 5.91 Å². The van der Waals surface area contributed by atoms with Crippen LogP contribution in [0.5, 0.6) is 0 Å². The van der Waals surface area contributed by atoms with E-state index in [2.05, 4.69) is 103 Å². The van der Waals surface area contributed by atoms with Crippen molar-refractivity contribution < 1.29 is 55.5 Å². The van der Waals surface area contributed by atoms with Crippen molar-refractivity contribution in [2.24, 2.45) is 0 Å². The molecule has 0 aliphatic carbocycles. The second-order valence-corrected chi connectivity index (χ2v) is 10.9. The third kappa shape index (κ3) is 11.6. The smallest absolute Gasteiger partial charge is 1.00 e. The van der Waals surface area contributed by atoms with E-state index in [0.29, 0.717) is 5.56 Å². The van der Waals surface area contributed by atoms with Gasteiger partial charge in [-0.3, -0.25) is 0 Å². The van der Waals surface area contributed by atoms with Gasteiger partial charge in [-0.2, -0.15) is 17.5 Å². The maximum atomic E-state index is 11.4. The molecule has 0 heterocycles. The van der Waals surface area contributed by atoms with E-state index in [0.717, 1.165) is 20.6 Å². The normalized spacial score (nSPS) is 9.65. The van der Waals surface area contributed by atoms with Gasteiger partial charge in [0.15, 0.2) is 0 Å². The molecular weight excluding hydrogens is 716 g/mol. The Kier molecular flexibility index (Phi) is 18.5. The van der Waals surface area contributed by atoms with E-state index in [4.69, 9.17) is 5.73 Å². The van der Waals surface area contributed by atoms with Gasteiger partial charge in [0, 0.05) is 5.56 Å². The largest absolute Gasteiger partial charge is 4.00 e. The number of benzene rings is 4. The molecule has 0 fully saturated rings. The van der Waals surface area contributed by atoms with E-state index in [1.807, 2.05) is 45.9 Å². The summed E-state index contributed by atoms with van der Waals surface area (Å²) in [6.45, 7) is 8.19. The van der Waals surface area contributed by atoms with Crippen molar-refractivity contribution in [2.75, 3.05) is 0 Å². The van der Waals surface area contributed by atoms with Gasteiger partial charge < -0.3 is 35.3 Å². The van der Waals surface area contributed by atoms with Crippen LogP contribution in [0.4, 0.5) is 0 Å². The van der Waals surface area contributed by atoms with Crippen LogP contribution in [0.1, 0.15) is 61.0 Å². The van der Waals surface area contributed by atoms with Gasteiger partial charge in [-0.15, -0.1) is 29.7 Å². The van der Waals surface area contributed by atoms with E-state index >= 15 is 0 Å². The third-order valence-electron chi connectivity index (χ3n) is 5.98. The maximum absolute atomic E-state index is 11.4. The topological polar surface area (TPSA) is 40.9 Å². The molecule has 0 aliphatic rings. The molecule has 0 aliphatic heterocycles. The number of halogens is 2. The van der Waals surface area contributed by atoms with Crippen LogP contribution < -0.4 is 35.2 Å². The van der Waals surface area contributed by atoms with Gasteiger partial charge >= 0.3 is 25.8 Å². The number of rotatable bonds is 5. The summed E-state index contributed by atoms with van der Waals surface area (Å²) in [5, 5.41) is 5.46. The Hall–Kier alpha value is -2.37. The van der Waals surface area contributed by atoms with E-state index in [-0.39, 0.29) is 62.5 Å². The number of carbonyl (C=O) groups excluding carboxylic acids is 1. The zero-order valence-electron chi connectivity index (χ0n) is 23.4. The molecule has 0 unspecified atom stereocenters. The zero-order chi connectivity index (χ0) is 26.6. The van der Waals surface area contributed by atoms with Crippen LogP contribution in [0.15, 0.2) is 121 Å². The van der Waals surface area contributed by atoms with Gasteiger partial charge in [0.1, 0.15) is 9.52 Å². The summed E-state index contributed by atoms with van der Waals surface area (Å²) < 4.78 is 0. The first kappa shape index (κ1) is 37.6. The Morgan fingerprint density at radius 3 is 1.52 bits per heavy atom. The Labute approximate surface area is 273 Å². The molecule has 0 atom stereocenters. The SMILES string of the molecule is CC(C)c1cccc(C(C)C)c1C([NH-])=O.[Cl-].[Cl-].[Hf+4].c1ccc([Si]c2ccccc2)cc1.c1ccc2[cH-]ccc2c1. The molecule has 0 saturated carbocycles. The summed E-state index contributed by atoms with van der Waals surface area (Å²) in [5.74, 6) is 0.00370. The Balaban J connectivity index is 0.000000562. The van der Waals surface area contributed by atoms with Gasteiger partial charge in [-0.05, 0) is 23.0 Å². The van der Waals surface area contributed by atoms with Crippen molar-refractivity contribution in [2.45, 2.75) is 39.5 Å². The predicted octanol–water partition coefficient (Wildman–Crippen LogP) is 2.03. The molecule has 5 aromatic carbocycles. The van der Waals surface area contributed by atoms with Gasteiger partial charge in [0.05, 0.1) is 5.91 Å². The molecule has 204 valence electrons. The van der Waals surface area contributed by atoms with E-state index in [1.54, 1.807) is 0 Å². The second kappa shape index (κ2) is 19.7. The molecule has 0 saturated heterocycles. The first-order valence-electron chi connectivity index (χ1n) is 12.7. The molecule has 0 aromatic heterocycles. The molecular formula is C34H35Cl2HfNOSi. The molecule has 2 nitrogen and oxygen atoms in total. The first-order chi connectivity index (χ1) is 17.9. The summed E-state index contributed by atoms with van der Waals surface area (Å²) in [6.07, 6.45) is 0. The zero-order valence-corrected chi connectivity index (χ0v) is 29.5. The average Bonchev–Trinajstić information content (AvgIpc) is 3.39. The minimum absolute atomic E-state index is 0. The summed E-state index contributed by atoms with van der Waals surface area (Å²) in [7, 11) is 0.777. The molecule has 1 N–H and O–H groups in total. The molecule has 5 aromatic rings. The molecule has 1 amide bonds. The first-order valence-corrected chi connectivity index (χ1v) is 13.7. The van der Waals surface area contributed by atoms with Crippen LogP contribution in [0.3, 0.4) is 0 Å². The average molecular weight is 751 g/mol. The monoisotopic (exact) mass is 751 g/mol. The van der Waals surface area contributed by atoms with Crippen molar-refractivity contribution in [1.82, 2.24) is 0 Å². The quantitative estimate of drug-likeness (QED) is 0.201. The van der Waals surface area contributed by atoms with Crippen LogP contribution >= 0.6 is 0 Å². The number of hydrogen-bond donors (Lipinski definition) is 0. The predicted molar refractivity (Wildman–Crippen MR) is 161 cm³/mol. The summed E-state index contributed by atoms with van der Waals surface area (Å²) in [5.41, 5.74) is 9.92. The molecule has 0 spiro atoms. The fourth-order valence-corrected chi connectivity index (χ4v) is 5.14. The van der Waals surface area contributed by atoms with Crippen LogP contribution in [-0.4, -0.2) is 15.4 Å². The molecule has 6 heteroatoms. The van der Waals surface area contributed by atoms with Gasteiger partial charge in [-0.1, -0.05) is 123 Å². The number of carbonyl (C=O) groups is 1. The van der Waals surface area contributed by atoms with Crippen LogP contribution in [0.25, 0.3) is 16.5 Å². The van der Waals surface area contributed by atoms with Gasteiger partial charge in [0.2, 0.25) is 0 Å². The molecule has 0 bridgehead atoms. The fraction of sp³-hybridized carbons (Fsp3) is 0.176. The number of nitrogens with one attached hydrogen (secondary N) is 1. The Bertz CT molecular complexity index is 1300. The summed E-state index contributed by atoms with van der Waals surface area (Å²) in [4.78, 5) is 11.4. The van der Waals surface area contributed by atoms with E-state index in [9.17, 15) is 4.79 Å². The number of hydrogen-bond acceptors (Lipinski definition) is 1. The van der Waals surface area contributed by atoms with Crippen LogP contribution in [-0.2, 0) is 25.8 Å². The van der Waals surface area contributed by atoms with Crippen LogP contribution in [0.2, 0.25) is 0 Å². The van der Waals surface area contributed by atoms with Gasteiger partial charge in [-0.25, -0.2) is 0 Å². The van der Waals surface area contributed by atoms with Crippen LogP contribution in [0, 0.1) is 0 Å². The summed E-state index contributed by atoms with van der Waals surface area (Å²) >= 11 is 0. The minimum atomic E-state index is -0.567. The van der Waals surface area contributed by atoms with Gasteiger partial charge in [0.25, 0.3) is 0 Å². The van der Waals surface area contributed by atoms with Crippen molar-refractivity contribution in [3.8, 4) is 0 Å².